The number of halogens is 2. The minimum atomic E-state index is -1.52. The molecule has 0 spiro atoms. The Morgan fingerprint density at radius 2 is 2.00 bits per heavy atom. The summed E-state index contributed by atoms with van der Waals surface area (Å²) in [7, 11) is -1.52. The summed E-state index contributed by atoms with van der Waals surface area (Å²) in [6.45, 7) is 0. The van der Waals surface area contributed by atoms with Gasteiger partial charge in [0.1, 0.15) is 0 Å². The maximum Gasteiger partial charge on any atom is 0.371 e. The van der Waals surface area contributed by atoms with Gasteiger partial charge in [-0.2, -0.15) is 0 Å². The van der Waals surface area contributed by atoms with Gasteiger partial charge in [0.15, 0.2) is 5.09 Å². The molecule has 7 heteroatoms. The predicted molar refractivity (Wildman–Crippen MR) is 72.2 cm³/mol. The van der Waals surface area contributed by atoms with Gasteiger partial charge in [0.05, 0.1) is 16.6 Å². The summed E-state index contributed by atoms with van der Waals surface area (Å²) in [4.78, 5) is 10.7. The first kappa shape index (κ1) is 14.1. The molecule has 1 aromatic heterocycles. The Morgan fingerprint density at radius 3 is 2.63 bits per heavy atom. The molecule has 0 fully saturated rings. The van der Waals surface area contributed by atoms with Gasteiger partial charge in [-0.1, -0.05) is 23.2 Å². The van der Waals surface area contributed by atoms with Crippen LogP contribution < -0.4 is 0 Å². The smallest absolute Gasteiger partial charge is 0.371 e. The highest BCUT2D eigenvalue weighted by Crippen LogP contribution is 2.24. The Kier molecular flexibility index (Phi) is 4.29. The van der Waals surface area contributed by atoms with Gasteiger partial charge in [-0.3, -0.25) is 4.21 Å². The third kappa shape index (κ3) is 3.37. The van der Waals surface area contributed by atoms with Gasteiger partial charge < -0.3 is 9.52 Å². The maximum atomic E-state index is 12.0. The summed E-state index contributed by atoms with van der Waals surface area (Å²) < 4.78 is 17.0. The fraction of sp³-hybridized carbons (Fsp3) is 0.0833. The molecular formula is C12H8Cl2O4S. The molecule has 0 aliphatic carbocycles. The number of furan rings is 1. The molecule has 1 heterocycles. The van der Waals surface area contributed by atoms with E-state index < -0.39 is 16.8 Å². The van der Waals surface area contributed by atoms with Crippen molar-refractivity contribution in [1.82, 2.24) is 0 Å². The lowest BCUT2D eigenvalue weighted by Crippen LogP contribution is -1.97. The van der Waals surface area contributed by atoms with Crippen LogP contribution in [-0.2, 0) is 16.6 Å². The van der Waals surface area contributed by atoms with E-state index in [2.05, 4.69) is 0 Å². The molecule has 2 aromatic rings. The second-order valence-electron chi connectivity index (χ2n) is 3.65. The van der Waals surface area contributed by atoms with Crippen LogP contribution in [-0.4, -0.2) is 15.3 Å². The van der Waals surface area contributed by atoms with Crippen LogP contribution in [0.5, 0.6) is 0 Å². The zero-order valence-electron chi connectivity index (χ0n) is 9.43. The van der Waals surface area contributed by atoms with Crippen molar-refractivity contribution in [3.8, 4) is 0 Å². The Labute approximate surface area is 121 Å². The van der Waals surface area contributed by atoms with E-state index in [0.717, 1.165) is 0 Å². The molecular weight excluding hydrogens is 311 g/mol. The Balaban J connectivity index is 2.20. The van der Waals surface area contributed by atoms with E-state index in [1.807, 2.05) is 0 Å². The molecule has 1 atom stereocenters. The van der Waals surface area contributed by atoms with Crippen LogP contribution in [0.1, 0.15) is 16.1 Å². The predicted octanol–water partition coefficient (Wildman–Crippen LogP) is 3.59. The number of carboxylic acid groups (broad SMARTS) is 1. The van der Waals surface area contributed by atoms with Gasteiger partial charge in [-0.15, -0.1) is 0 Å². The highest BCUT2D eigenvalue weighted by molar-refractivity contribution is 7.84. The monoisotopic (exact) mass is 318 g/mol. The van der Waals surface area contributed by atoms with E-state index in [1.165, 1.54) is 12.1 Å². The first-order valence-electron chi connectivity index (χ1n) is 5.13. The Morgan fingerprint density at radius 1 is 1.26 bits per heavy atom. The summed E-state index contributed by atoms with van der Waals surface area (Å²) in [5.74, 6) is -1.35. The van der Waals surface area contributed by atoms with Gasteiger partial charge in [-0.25, -0.2) is 4.79 Å². The number of rotatable bonds is 4. The van der Waals surface area contributed by atoms with Crippen LogP contribution in [0.15, 0.2) is 39.8 Å². The van der Waals surface area contributed by atoms with Crippen LogP contribution in [0.25, 0.3) is 0 Å². The molecule has 2 rings (SSSR count). The summed E-state index contributed by atoms with van der Waals surface area (Å²) in [5.41, 5.74) is 0.612. The van der Waals surface area contributed by atoms with E-state index in [1.54, 1.807) is 18.2 Å². The molecule has 0 aliphatic heterocycles. The van der Waals surface area contributed by atoms with Crippen molar-refractivity contribution < 1.29 is 18.5 Å². The van der Waals surface area contributed by atoms with Crippen LogP contribution in [0.3, 0.4) is 0 Å². The third-order valence-electron chi connectivity index (χ3n) is 2.31. The first-order chi connectivity index (χ1) is 8.97. The lowest BCUT2D eigenvalue weighted by molar-refractivity contribution is 0.0656. The minimum absolute atomic E-state index is 0.0912. The highest BCUT2D eigenvalue weighted by atomic mass is 35.5. The van der Waals surface area contributed by atoms with E-state index >= 15 is 0 Å². The lowest BCUT2D eigenvalue weighted by Gasteiger charge is -2.03. The van der Waals surface area contributed by atoms with Crippen LogP contribution in [0.4, 0.5) is 0 Å². The molecule has 4 nitrogen and oxygen atoms in total. The van der Waals surface area contributed by atoms with Gasteiger partial charge in [0.2, 0.25) is 5.76 Å². The lowest BCUT2D eigenvalue weighted by atomic mass is 10.2. The van der Waals surface area contributed by atoms with Gasteiger partial charge in [-0.05, 0) is 35.9 Å². The van der Waals surface area contributed by atoms with Crippen molar-refractivity contribution >= 4 is 40.0 Å². The minimum Gasteiger partial charge on any atom is -0.475 e. The van der Waals surface area contributed by atoms with Crippen LogP contribution in [0.2, 0.25) is 10.0 Å². The molecule has 1 N–H and O–H groups in total. The Hall–Kier alpha value is -1.30. The third-order valence-corrected chi connectivity index (χ3v) is 4.16. The van der Waals surface area contributed by atoms with Gasteiger partial charge in [0, 0.05) is 10.0 Å². The number of carbonyl (C=O) groups is 1. The molecule has 1 unspecified atom stereocenters. The average molecular weight is 319 g/mol. The summed E-state index contributed by atoms with van der Waals surface area (Å²) >= 11 is 11.8. The van der Waals surface area contributed by atoms with Gasteiger partial charge >= 0.3 is 5.97 Å². The standard InChI is InChI=1S/C12H8Cl2O4S/c13-8-1-2-9(14)7(5-8)6-19(17)11-4-3-10(18-11)12(15)16/h1-5H,6H2,(H,15,16). The number of hydrogen-bond acceptors (Lipinski definition) is 3. The largest absolute Gasteiger partial charge is 0.475 e. The van der Waals surface area contributed by atoms with E-state index in [9.17, 15) is 9.00 Å². The maximum absolute atomic E-state index is 12.0. The van der Waals surface area contributed by atoms with Crippen molar-refractivity contribution in [3.63, 3.8) is 0 Å². The van der Waals surface area contributed by atoms with E-state index in [0.29, 0.717) is 15.6 Å². The zero-order chi connectivity index (χ0) is 14.0. The van der Waals surface area contributed by atoms with Crippen molar-refractivity contribution in [3.05, 3.63) is 51.7 Å². The molecule has 100 valence electrons. The number of benzene rings is 1. The molecule has 1 aromatic carbocycles. The van der Waals surface area contributed by atoms with Crippen molar-refractivity contribution in [2.45, 2.75) is 10.8 Å². The molecule has 0 saturated carbocycles. The Bertz CT molecular complexity index is 651. The van der Waals surface area contributed by atoms with E-state index in [4.69, 9.17) is 32.7 Å². The second-order valence-corrected chi connectivity index (χ2v) is 5.88. The SMILES string of the molecule is O=C(O)c1ccc(S(=O)Cc2cc(Cl)ccc2Cl)o1. The summed E-state index contributed by atoms with van der Waals surface area (Å²) in [6, 6.07) is 7.49. The zero-order valence-corrected chi connectivity index (χ0v) is 11.8. The fourth-order valence-corrected chi connectivity index (χ4v) is 2.95. The molecule has 0 radical (unpaired) electrons. The fourth-order valence-electron chi connectivity index (χ4n) is 1.42. The number of carboxylic acids is 1. The number of hydrogen-bond donors (Lipinski definition) is 1. The molecule has 19 heavy (non-hydrogen) atoms. The summed E-state index contributed by atoms with van der Waals surface area (Å²) in [5, 5.41) is 9.75. The molecule has 0 amide bonds. The first-order valence-corrected chi connectivity index (χ1v) is 7.20. The second kappa shape index (κ2) is 5.77. The molecule has 0 bridgehead atoms. The van der Waals surface area contributed by atoms with Crippen molar-refractivity contribution in [2.75, 3.05) is 0 Å². The van der Waals surface area contributed by atoms with E-state index in [-0.39, 0.29) is 16.6 Å². The number of aromatic carboxylic acids is 1. The van der Waals surface area contributed by atoms with Crippen molar-refractivity contribution in [2.24, 2.45) is 0 Å². The van der Waals surface area contributed by atoms with Crippen LogP contribution in [0, 0.1) is 0 Å². The molecule has 0 saturated heterocycles. The molecule has 0 aliphatic rings. The topological polar surface area (TPSA) is 67.5 Å². The van der Waals surface area contributed by atoms with Crippen LogP contribution >= 0.6 is 23.2 Å². The van der Waals surface area contributed by atoms with Crippen molar-refractivity contribution in [1.29, 1.82) is 0 Å². The average Bonchev–Trinajstić information content (AvgIpc) is 2.83. The highest BCUT2D eigenvalue weighted by Gasteiger charge is 2.15. The summed E-state index contributed by atoms with van der Waals surface area (Å²) in [6.07, 6.45) is 0. The normalized spacial score (nSPS) is 12.3. The quantitative estimate of drug-likeness (QED) is 0.935. The van der Waals surface area contributed by atoms with Gasteiger partial charge in [0.25, 0.3) is 0 Å².